The Labute approximate surface area is 126 Å². The van der Waals surface area contributed by atoms with Crippen LogP contribution >= 0.6 is 0 Å². The van der Waals surface area contributed by atoms with Crippen molar-refractivity contribution in [1.29, 1.82) is 0 Å². The second-order valence-corrected chi connectivity index (χ2v) is 6.86. The van der Waals surface area contributed by atoms with E-state index < -0.39 is 0 Å². The van der Waals surface area contributed by atoms with E-state index in [9.17, 15) is 0 Å². The van der Waals surface area contributed by atoms with Crippen LogP contribution in [0.5, 0.6) is 0 Å². The van der Waals surface area contributed by atoms with Crippen LogP contribution in [-0.4, -0.2) is 13.1 Å². The third-order valence-electron chi connectivity index (χ3n) is 4.06. The molecular weight excluding hydrogens is 242 g/mol. The van der Waals surface area contributed by atoms with Gasteiger partial charge in [-0.3, -0.25) is 0 Å². The van der Waals surface area contributed by atoms with Crippen molar-refractivity contribution in [1.82, 2.24) is 5.32 Å². The van der Waals surface area contributed by atoms with Crippen LogP contribution in [0.15, 0.2) is 24.3 Å². The smallest absolute Gasteiger partial charge is 0.00171 e. The molecule has 1 aromatic carbocycles. The second kappa shape index (κ2) is 9.18. The molecule has 0 bridgehead atoms. The summed E-state index contributed by atoms with van der Waals surface area (Å²) in [6, 6.07) is 9.05. The van der Waals surface area contributed by atoms with E-state index in [0.717, 1.165) is 30.8 Å². The molecule has 0 radical (unpaired) electrons. The Morgan fingerprint density at radius 1 is 1.00 bits per heavy atom. The highest BCUT2D eigenvalue weighted by molar-refractivity contribution is 5.21. The Bertz CT molecular complexity index is 353. The van der Waals surface area contributed by atoms with Crippen molar-refractivity contribution in [3.8, 4) is 0 Å². The summed E-state index contributed by atoms with van der Waals surface area (Å²) in [6.07, 6.45) is 3.82. The molecular formula is C19H33N. The van der Waals surface area contributed by atoms with Crippen LogP contribution in [0.3, 0.4) is 0 Å². The van der Waals surface area contributed by atoms with Crippen molar-refractivity contribution in [3.05, 3.63) is 35.4 Å². The molecule has 114 valence electrons. The molecule has 0 amide bonds. The maximum atomic E-state index is 3.65. The van der Waals surface area contributed by atoms with Gasteiger partial charge in [-0.15, -0.1) is 0 Å². The highest BCUT2D eigenvalue weighted by Crippen LogP contribution is 2.19. The quantitative estimate of drug-likeness (QED) is 0.680. The van der Waals surface area contributed by atoms with Gasteiger partial charge in [0, 0.05) is 0 Å². The lowest BCUT2D eigenvalue weighted by Crippen LogP contribution is -2.28. The lowest BCUT2D eigenvalue weighted by molar-refractivity contribution is 0.356. The van der Waals surface area contributed by atoms with Gasteiger partial charge in [-0.05, 0) is 56.2 Å². The van der Waals surface area contributed by atoms with Gasteiger partial charge in [-0.25, -0.2) is 0 Å². The molecule has 1 aromatic rings. The summed E-state index contributed by atoms with van der Waals surface area (Å²) >= 11 is 0. The number of aryl methyl sites for hydroxylation is 1. The Morgan fingerprint density at radius 2 is 1.65 bits per heavy atom. The second-order valence-electron chi connectivity index (χ2n) is 6.86. The maximum Gasteiger partial charge on any atom is -0.00171 e. The molecule has 1 heteroatoms. The summed E-state index contributed by atoms with van der Waals surface area (Å²) in [5.41, 5.74) is 2.83. The van der Waals surface area contributed by atoms with Gasteiger partial charge in [0.25, 0.3) is 0 Å². The van der Waals surface area contributed by atoms with Gasteiger partial charge < -0.3 is 5.32 Å². The summed E-state index contributed by atoms with van der Waals surface area (Å²) < 4.78 is 0. The number of nitrogens with one attached hydrogen (secondary N) is 1. The topological polar surface area (TPSA) is 12.0 Å². The third-order valence-corrected chi connectivity index (χ3v) is 4.06. The van der Waals surface area contributed by atoms with Gasteiger partial charge in [-0.1, -0.05) is 63.9 Å². The number of hydrogen-bond acceptors (Lipinski definition) is 1. The van der Waals surface area contributed by atoms with E-state index in [0.29, 0.717) is 0 Å². The molecule has 0 aromatic heterocycles. The van der Waals surface area contributed by atoms with Crippen molar-refractivity contribution >= 4 is 0 Å². The molecule has 2 atom stereocenters. The van der Waals surface area contributed by atoms with Gasteiger partial charge in [0.05, 0.1) is 0 Å². The summed E-state index contributed by atoms with van der Waals surface area (Å²) in [5.74, 6) is 2.32. The predicted molar refractivity (Wildman–Crippen MR) is 90.2 cm³/mol. The fraction of sp³-hybridized carbons (Fsp3) is 0.684. The monoisotopic (exact) mass is 275 g/mol. The molecule has 20 heavy (non-hydrogen) atoms. The zero-order valence-corrected chi connectivity index (χ0v) is 14.1. The molecule has 0 heterocycles. The van der Waals surface area contributed by atoms with Crippen LogP contribution in [0.4, 0.5) is 0 Å². The van der Waals surface area contributed by atoms with E-state index in [1.54, 1.807) is 0 Å². The first-order chi connectivity index (χ1) is 9.51. The molecule has 0 aliphatic carbocycles. The Morgan fingerprint density at radius 3 is 2.20 bits per heavy atom. The van der Waals surface area contributed by atoms with Gasteiger partial charge in [0.2, 0.25) is 0 Å². The number of rotatable bonds is 9. The molecule has 0 saturated heterocycles. The molecule has 1 N–H and O–H groups in total. The SMILES string of the molecule is CCC(C)CC(CNCC(C)C)Cc1ccc(C)cc1. The zero-order valence-electron chi connectivity index (χ0n) is 14.1. The lowest BCUT2D eigenvalue weighted by Gasteiger charge is -2.22. The molecule has 2 unspecified atom stereocenters. The first-order valence-electron chi connectivity index (χ1n) is 8.27. The Balaban J connectivity index is 2.54. The molecule has 0 aliphatic rings. The summed E-state index contributed by atoms with van der Waals surface area (Å²) in [4.78, 5) is 0. The molecule has 0 saturated carbocycles. The molecule has 1 nitrogen and oxygen atoms in total. The van der Waals surface area contributed by atoms with Crippen molar-refractivity contribution in [2.24, 2.45) is 17.8 Å². The first kappa shape index (κ1) is 17.2. The van der Waals surface area contributed by atoms with E-state index in [1.165, 1.54) is 30.4 Å². The molecule has 0 fully saturated rings. The van der Waals surface area contributed by atoms with Gasteiger partial charge in [0.15, 0.2) is 0 Å². The average Bonchev–Trinajstić information content (AvgIpc) is 2.40. The van der Waals surface area contributed by atoms with Crippen molar-refractivity contribution in [2.75, 3.05) is 13.1 Å². The third kappa shape index (κ3) is 7.09. The Kier molecular flexibility index (Phi) is 7.91. The van der Waals surface area contributed by atoms with Crippen molar-refractivity contribution in [3.63, 3.8) is 0 Å². The standard InChI is InChI=1S/C19H33N/c1-6-16(4)11-19(14-20-13-15(2)3)12-18-9-7-17(5)8-10-18/h7-10,15-16,19-20H,6,11-14H2,1-5H3. The van der Waals surface area contributed by atoms with Crippen LogP contribution in [0, 0.1) is 24.7 Å². The largest absolute Gasteiger partial charge is 0.316 e. The van der Waals surface area contributed by atoms with Gasteiger partial charge >= 0.3 is 0 Å². The summed E-state index contributed by atoms with van der Waals surface area (Å²) in [7, 11) is 0. The number of hydrogen-bond donors (Lipinski definition) is 1. The van der Waals surface area contributed by atoms with E-state index in [1.807, 2.05) is 0 Å². The van der Waals surface area contributed by atoms with Gasteiger partial charge in [0.1, 0.15) is 0 Å². The van der Waals surface area contributed by atoms with Crippen molar-refractivity contribution < 1.29 is 0 Å². The summed E-state index contributed by atoms with van der Waals surface area (Å²) in [6.45, 7) is 13.7. The lowest BCUT2D eigenvalue weighted by atomic mass is 9.88. The minimum atomic E-state index is 0.735. The van der Waals surface area contributed by atoms with Crippen LogP contribution in [0.1, 0.15) is 51.7 Å². The van der Waals surface area contributed by atoms with Crippen LogP contribution in [-0.2, 0) is 6.42 Å². The maximum absolute atomic E-state index is 3.65. The van der Waals surface area contributed by atoms with Gasteiger partial charge in [-0.2, -0.15) is 0 Å². The number of benzene rings is 1. The zero-order chi connectivity index (χ0) is 15.0. The molecule has 0 aliphatic heterocycles. The Hall–Kier alpha value is -0.820. The molecule has 1 rings (SSSR count). The van der Waals surface area contributed by atoms with Crippen LogP contribution < -0.4 is 5.32 Å². The highest BCUT2D eigenvalue weighted by atomic mass is 14.9. The fourth-order valence-electron chi connectivity index (χ4n) is 2.61. The molecule has 0 spiro atoms. The minimum Gasteiger partial charge on any atom is -0.316 e. The normalized spacial score (nSPS) is 14.5. The minimum absolute atomic E-state index is 0.735. The predicted octanol–water partition coefficient (Wildman–Crippen LogP) is 4.84. The van der Waals surface area contributed by atoms with Crippen molar-refractivity contribution in [2.45, 2.75) is 53.9 Å². The van der Waals surface area contributed by atoms with E-state index in [-0.39, 0.29) is 0 Å². The first-order valence-corrected chi connectivity index (χ1v) is 8.27. The van der Waals surface area contributed by atoms with E-state index >= 15 is 0 Å². The average molecular weight is 275 g/mol. The highest BCUT2D eigenvalue weighted by Gasteiger charge is 2.13. The van der Waals surface area contributed by atoms with E-state index in [2.05, 4.69) is 64.2 Å². The van der Waals surface area contributed by atoms with E-state index in [4.69, 9.17) is 0 Å². The van der Waals surface area contributed by atoms with Crippen LogP contribution in [0.25, 0.3) is 0 Å². The summed E-state index contributed by atoms with van der Waals surface area (Å²) in [5, 5.41) is 3.65. The fourth-order valence-corrected chi connectivity index (χ4v) is 2.61. The van der Waals surface area contributed by atoms with Crippen LogP contribution in [0.2, 0.25) is 0 Å².